The van der Waals surface area contributed by atoms with Crippen LogP contribution < -0.4 is 0 Å². The lowest BCUT2D eigenvalue weighted by atomic mass is 9.92. The fraction of sp³-hybridized carbons (Fsp3) is 0.455. The number of carbonyl (C=O) groups excluding carboxylic acids is 1. The number of rotatable bonds is 3. The highest BCUT2D eigenvalue weighted by molar-refractivity contribution is 5.96. The third-order valence-electron chi connectivity index (χ3n) is 2.41. The minimum Gasteiger partial charge on any atom is -0.292 e. The van der Waals surface area contributed by atoms with Gasteiger partial charge in [-0.05, 0) is 18.1 Å². The normalized spacial score (nSPS) is 12.9. The number of halogens is 1. The van der Waals surface area contributed by atoms with Crippen molar-refractivity contribution in [3.05, 3.63) is 29.8 Å². The van der Waals surface area contributed by atoms with Crippen molar-refractivity contribution in [2.24, 2.45) is 11.8 Å². The quantitative estimate of drug-likeness (QED) is 0.694. The molecule has 1 heterocycles. The molecule has 0 saturated heterocycles. The van der Waals surface area contributed by atoms with Gasteiger partial charge < -0.3 is 0 Å². The average Bonchev–Trinajstić information content (AvgIpc) is 2.16. The summed E-state index contributed by atoms with van der Waals surface area (Å²) in [5.41, 5.74) is -0.0475. The minimum atomic E-state index is -0.537. The highest BCUT2D eigenvalue weighted by atomic mass is 19.1. The van der Waals surface area contributed by atoms with Gasteiger partial charge in [0.05, 0.1) is 0 Å². The van der Waals surface area contributed by atoms with Gasteiger partial charge in [0.15, 0.2) is 11.6 Å². The van der Waals surface area contributed by atoms with Crippen LogP contribution in [0, 0.1) is 17.7 Å². The lowest BCUT2D eigenvalue weighted by Crippen LogP contribution is -2.19. The summed E-state index contributed by atoms with van der Waals surface area (Å²) in [6.07, 6.45) is 1.43. The topological polar surface area (TPSA) is 30.0 Å². The number of ketones is 1. The standard InChI is InChI=1S/C11H14FNO/c1-7(2)8(3)11(14)10-9(12)5-4-6-13-10/h4-8H,1-3H3. The number of Topliss-reactive ketones (excluding diaryl/α,β-unsaturated/α-hetero) is 1. The molecule has 14 heavy (non-hydrogen) atoms. The molecule has 1 rings (SSSR count). The SMILES string of the molecule is CC(C)C(C)C(=O)c1ncccc1F. The van der Waals surface area contributed by atoms with Crippen molar-refractivity contribution in [3.63, 3.8) is 0 Å². The monoisotopic (exact) mass is 195 g/mol. The van der Waals surface area contributed by atoms with Crippen LogP contribution in [-0.2, 0) is 0 Å². The lowest BCUT2D eigenvalue weighted by Gasteiger charge is -2.13. The molecule has 0 amide bonds. The number of pyridine rings is 1. The lowest BCUT2D eigenvalue weighted by molar-refractivity contribution is 0.0890. The number of hydrogen-bond acceptors (Lipinski definition) is 2. The van der Waals surface area contributed by atoms with E-state index in [1.165, 1.54) is 18.3 Å². The van der Waals surface area contributed by atoms with Crippen LogP contribution in [-0.4, -0.2) is 10.8 Å². The summed E-state index contributed by atoms with van der Waals surface area (Å²) in [6, 6.07) is 2.74. The van der Waals surface area contributed by atoms with Gasteiger partial charge in [-0.1, -0.05) is 20.8 Å². The second kappa shape index (κ2) is 4.31. The predicted octanol–water partition coefficient (Wildman–Crippen LogP) is 2.70. The third-order valence-corrected chi connectivity index (χ3v) is 2.41. The van der Waals surface area contributed by atoms with Gasteiger partial charge >= 0.3 is 0 Å². The molecule has 0 radical (unpaired) electrons. The molecular weight excluding hydrogens is 181 g/mol. The summed E-state index contributed by atoms with van der Waals surface area (Å²) in [5, 5.41) is 0. The molecule has 1 aromatic heterocycles. The van der Waals surface area contributed by atoms with Gasteiger partial charge in [-0.2, -0.15) is 0 Å². The fourth-order valence-corrected chi connectivity index (χ4v) is 1.09. The van der Waals surface area contributed by atoms with Crippen LogP contribution in [0.5, 0.6) is 0 Å². The first-order valence-electron chi connectivity index (χ1n) is 4.68. The van der Waals surface area contributed by atoms with Gasteiger partial charge in [0.1, 0.15) is 5.69 Å². The highest BCUT2D eigenvalue weighted by Gasteiger charge is 2.22. The molecule has 1 atom stereocenters. The number of carbonyl (C=O) groups is 1. The summed E-state index contributed by atoms with van der Waals surface area (Å²) in [6.45, 7) is 5.66. The first-order valence-corrected chi connectivity index (χ1v) is 4.68. The molecule has 0 aliphatic carbocycles. The molecule has 0 spiro atoms. The summed E-state index contributed by atoms with van der Waals surface area (Å²) < 4.78 is 13.2. The molecule has 0 aliphatic heterocycles. The van der Waals surface area contributed by atoms with Gasteiger partial charge in [-0.25, -0.2) is 4.39 Å². The molecule has 1 unspecified atom stereocenters. The van der Waals surface area contributed by atoms with Gasteiger partial charge in [-0.15, -0.1) is 0 Å². The van der Waals surface area contributed by atoms with E-state index in [0.29, 0.717) is 0 Å². The van der Waals surface area contributed by atoms with Gasteiger partial charge in [0.25, 0.3) is 0 Å². The molecule has 3 heteroatoms. The van der Waals surface area contributed by atoms with Crippen LogP contribution in [0.4, 0.5) is 4.39 Å². The van der Waals surface area contributed by atoms with Gasteiger partial charge in [-0.3, -0.25) is 9.78 Å². The second-order valence-electron chi connectivity index (χ2n) is 3.73. The molecule has 0 bridgehead atoms. The highest BCUT2D eigenvalue weighted by Crippen LogP contribution is 2.16. The van der Waals surface area contributed by atoms with E-state index in [1.807, 2.05) is 13.8 Å². The van der Waals surface area contributed by atoms with Crippen LogP contribution in [0.2, 0.25) is 0 Å². The van der Waals surface area contributed by atoms with Crippen LogP contribution >= 0.6 is 0 Å². The molecule has 2 nitrogen and oxygen atoms in total. The van der Waals surface area contributed by atoms with Crippen molar-refractivity contribution in [2.45, 2.75) is 20.8 Å². The van der Waals surface area contributed by atoms with Crippen molar-refractivity contribution in [1.29, 1.82) is 0 Å². The van der Waals surface area contributed by atoms with Gasteiger partial charge in [0, 0.05) is 12.1 Å². The van der Waals surface area contributed by atoms with Crippen molar-refractivity contribution >= 4 is 5.78 Å². The van der Waals surface area contributed by atoms with Crippen molar-refractivity contribution < 1.29 is 9.18 Å². The average molecular weight is 195 g/mol. The maximum absolute atomic E-state index is 13.2. The molecule has 0 N–H and O–H groups in total. The summed E-state index contributed by atoms with van der Waals surface area (Å²) in [5.74, 6) is -0.758. The van der Waals surface area contributed by atoms with Crippen LogP contribution in [0.1, 0.15) is 31.3 Å². The predicted molar refractivity (Wildman–Crippen MR) is 52.5 cm³/mol. The van der Waals surface area contributed by atoms with Crippen LogP contribution in [0.3, 0.4) is 0 Å². The maximum atomic E-state index is 13.2. The fourth-order valence-electron chi connectivity index (χ4n) is 1.09. The van der Waals surface area contributed by atoms with E-state index >= 15 is 0 Å². The minimum absolute atomic E-state index is 0.0475. The van der Waals surface area contributed by atoms with Crippen LogP contribution in [0.15, 0.2) is 18.3 Å². The number of hydrogen-bond donors (Lipinski definition) is 0. The smallest absolute Gasteiger partial charge is 0.187 e. The maximum Gasteiger partial charge on any atom is 0.187 e. The van der Waals surface area contributed by atoms with Gasteiger partial charge in [0.2, 0.25) is 0 Å². The van der Waals surface area contributed by atoms with E-state index in [9.17, 15) is 9.18 Å². The summed E-state index contributed by atoms with van der Waals surface area (Å²) in [4.78, 5) is 15.5. The summed E-state index contributed by atoms with van der Waals surface area (Å²) in [7, 11) is 0. The van der Waals surface area contributed by atoms with Crippen LogP contribution in [0.25, 0.3) is 0 Å². The molecule has 0 fully saturated rings. The Kier molecular flexibility index (Phi) is 3.33. The van der Waals surface area contributed by atoms with E-state index < -0.39 is 5.82 Å². The Labute approximate surface area is 83.2 Å². The Bertz CT molecular complexity index is 336. The third kappa shape index (κ3) is 2.16. The van der Waals surface area contributed by atoms with Crippen molar-refractivity contribution in [1.82, 2.24) is 4.98 Å². The van der Waals surface area contributed by atoms with E-state index in [0.717, 1.165) is 0 Å². The van der Waals surface area contributed by atoms with E-state index in [2.05, 4.69) is 4.98 Å². The van der Waals surface area contributed by atoms with Crippen molar-refractivity contribution in [3.8, 4) is 0 Å². The van der Waals surface area contributed by atoms with E-state index in [1.54, 1.807) is 6.92 Å². The van der Waals surface area contributed by atoms with E-state index in [4.69, 9.17) is 0 Å². The largest absolute Gasteiger partial charge is 0.292 e. The summed E-state index contributed by atoms with van der Waals surface area (Å²) >= 11 is 0. The zero-order chi connectivity index (χ0) is 10.7. The number of nitrogens with zero attached hydrogens (tertiary/aromatic N) is 1. The number of aromatic nitrogens is 1. The molecule has 0 aromatic carbocycles. The molecule has 1 aromatic rings. The Hall–Kier alpha value is -1.25. The molecule has 0 saturated carbocycles. The molecule has 0 aliphatic rings. The first kappa shape index (κ1) is 10.8. The Balaban J connectivity index is 2.95. The first-order chi connectivity index (χ1) is 6.54. The second-order valence-corrected chi connectivity index (χ2v) is 3.73. The zero-order valence-corrected chi connectivity index (χ0v) is 8.62. The van der Waals surface area contributed by atoms with E-state index in [-0.39, 0.29) is 23.3 Å². The Morgan fingerprint density at radius 1 is 1.43 bits per heavy atom. The molecular formula is C11H14FNO. The molecule has 76 valence electrons. The zero-order valence-electron chi connectivity index (χ0n) is 8.62. The Morgan fingerprint density at radius 3 is 2.57 bits per heavy atom. The van der Waals surface area contributed by atoms with Crippen molar-refractivity contribution in [2.75, 3.05) is 0 Å². The Morgan fingerprint density at radius 2 is 2.07 bits per heavy atom.